The second-order valence-electron chi connectivity index (χ2n) is 4.17. The van der Waals surface area contributed by atoms with Gasteiger partial charge < -0.3 is 5.21 Å². The van der Waals surface area contributed by atoms with Gasteiger partial charge in [-0.2, -0.15) is 0 Å². The summed E-state index contributed by atoms with van der Waals surface area (Å²) in [5.74, 6) is 0. The molecule has 0 aliphatic heterocycles. The molecule has 0 atom stereocenters. The summed E-state index contributed by atoms with van der Waals surface area (Å²) < 4.78 is 1.51. The Morgan fingerprint density at radius 3 is 2.67 bits per heavy atom. The van der Waals surface area contributed by atoms with Crippen LogP contribution in [-0.4, -0.2) is 20.7 Å². The lowest BCUT2D eigenvalue weighted by molar-refractivity contribution is 0.319. The van der Waals surface area contributed by atoms with E-state index in [0.29, 0.717) is 23.5 Å². The van der Waals surface area contributed by atoms with Gasteiger partial charge in [0.25, 0.3) is 5.56 Å². The van der Waals surface area contributed by atoms with E-state index in [1.54, 1.807) is 13.8 Å². The number of aryl methyl sites for hydroxylation is 1. The van der Waals surface area contributed by atoms with Crippen LogP contribution in [-0.2, 0) is 6.54 Å². The maximum absolute atomic E-state index is 12.1. The van der Waals surface area contributed by atoms with Crippen molar-refractivity contribution in [1.29, 1.82) is 0 Å². The lowest BCUT2D eigenvalue weighted by Gasteiger charge is -2.01. The van der Waals surface area contributed by atoms with Gasteiger partial charge in [0.1, 0.15) is 0 Å². The molecule has 0 bridgehead atoms. The molecule has 94 valence electrons. The lowest BCUT2D eigenvalue weighted by Crippen LogP contribution is -2.21. The Kier molecular flexibility index (Phi) is 3.32. The lowest BCUT2D eigenvalue weighted by atomic mass is 10.2. The molecule has 5 heteroatoms. The number of rotatable bonds is 3. The van der Waals surface area contributed by atoms with Crippen molar-refractivity contribution in [1.82, 2.24) is 9.78 Å². The molecule has 1 aromatic heterocycles. The third-order valence-electron chi connectivity index (χ3n) is 2.83. The Hall–Kier alpha value is -2.30. The van der Waals surface area contributed by atoms with Crippen molar-refractivity contribution >= 4 is 5.71 Å². The van der Waals surface area contributed by atoms with E-state index in [4.69, 9.17) is 5.21 Å². The van der Waals surface area contributed by atoms with Crippen LogP contribution in [0.25, 0.3) is 0 Å². The Labute approximate surface area is 104 Å². The zero-order chi connectivity index (χ0) is 13.1. The molecular weight excluding hydrogens is 230 g/mol. The summed E-state index contributed by atoms with van der Waals surface area (Å²) >= 11 is 0. The van der Waals surface area contributed by atoms with Crippen LogP contribution in [0.1, 0.15) is 23.7 Å². The average molecular weight is 245 g/mol. The van der Waals surface area contributed by atoms with E-state index < -0.39 is 0 Å². The summed E-state index contributed by atoms with van der Waals surface area (Å²) in [6.07, 6.45) is 0. The number of aromatic amines is 1. The SMILES string of the molecule is C/C(=N\O)c1c(C)[nH]n(Cc2ccccc2)c1=O. The first kappa shape index (κ1) is 12.2. The standard InChI is InChI=1S/C13H15N3O2/c1-9-12(10(2)15-18)13(17)16(14-9)8-11-6-4-3-5-7-11/h3-7,14,18H,8H2,1-2H3/b15-10+. The highest BCUT2D eigenvalue weighted by atomic mass is 16.4. The summed E-state index contributed by atoms with van der Waals surface area (Å²) in [7, 11) is 0. The van der Waals surface area contributed by atoms with Crippen LogP contribution in [0.4, 0.5) is 0 Å². The average Bonchev–Trinajstić information content (AvgIpc) is 2.65. The van der Waals surface area contributed by atoms with Crippen LogP contribution in [0.2, 0.25) is 0 Å². The summed E-state index contributed by atoms with van der Waals surface area (Å²) in [6.45, 7) is 3.86. The van der Waals surface area contributed by atoms with Crippen LogP contribution in [0.5, 0.6) is 0 Å². The van der Waals surface area contributed by atoms with Crippen molar-refractivity contribution in [2.45, 2.75) is 20.4 Å². The second-order valence-corrected chi connectivity index (χ2v) is 4.17. The molecule has 0 amide bonds. The Morgan fingerprint density at radius 2 is 2.06 bits per heavy atom. The van der Waals surface area contributed by atoms with Gasteiger partial charge in [0, 0.05) is 5.69 Å². The molecule has 0 saturated heterocycles. The number of benzene rings is 1. The first-order chi connectivity index (χ1) is 8.63. The number of aromatic nitrogens is 2. The minimum absolute atomic E-state index is 0.174. The maximum atomic E-state index is 12.1. The van der Waals surface area contributed by atoms with E-state index >= 15 is 0 Å². The van der Waals surface area contributed by atoms with E-state index in [1.807, 2.05) is 30.3 Å². The van der Waals surface area contributed by atoms with Crippen molar-refractivity contribution in [3.63, 3.8) is 0 Å². The minimum Gasteiger partial charge on any atom is -0.411 e. The molecule has 1 heterocycles. The maximum Gasteiger partial charge on any atom is 0.276 e. The van der Waals surface area contributed by atoms with E-state index in [2.05, 4.69) is 10.3 Å². The Bertz CT molecular complexity index is 623. The molecule has 2 rings (SSSR count). The van der Waals surface area contributed by atoms with Crippen LogP contribution < -0.4 is 5.56 Å². The zero-order valence-electron chi connectivity index (χ0n) is 10.3. The fourth-order valence-electron chi connectivity index (χ4n) is 1.96. The predicted octanol–water partition coefficient (Wildman–Crippen LogP) is 1.73. The quantitative estimate of drug-likeness (QED) is 0.491. The molecule has 0 spiro atoms. The van der Waals surface area contributed by atoms with Gasteiger partial charge in [0.05, 0.1) is 17.8 Å². The van der Waals surface area contributed by atoms with Crippen molar-refractivity contribution in [2.24, 2.45) is 5.16 Å². The number of H-pyrrole nitrogens is 1. The van der Waals surface area contributed by atoms with Gasteiger partial charge in [-0.15, -0.1) is 0 Å². The van der Waals surface area contributed by atoms with Crippen LogP contribution >= 0.6 is 0 Å². The van der Waals surface area contributed by atoms with Crippen molar-refractivity contribution in [3.05, 3.63) is 57.5 Å². The second kappa shape index (κ2) is 4.91. The van der Waals surface area contributed by atoms with Gasteiger partial charge in [0.2, 0.25) is 0 Å². The molecule has 18 heavy (non-hydrogen) atoms. The molecule has 0 radical (unpaired) electrons. The highest BCUT2D eigenvalue weighted by Crippen LogP contribution is 2.04. The van der Waals surface area contributed by atoms with Gasteiger partial charge in [0.15, 0.2) is 0 Å². The van der Waals surface area contributed by atoms with Gasteiger partial charge in [-0.25, -0.2) is 4.68 Å². The summed E-state index contributed by atoms with van der Waals surface area (Å²) in [5.41, 5.74) is 2.30. The number of oxime groups is 1. The first-order valence-electron chi connectivity index (χ1n) is 5.66. The first-order valence-corrected chi connectivity index (χ1v) is 5.66. The number of hydrogen-bond donors (Lipinski definition) is 2. The van der Waals surface area contributed by atoms with E-state index in [-0.39, 0.29) is 5.56 Å². The van der Waals surface area contributed by atoms with Gasteiger partial charge >= 0.3 is 0 Å². The molecule has 0 unspecified atom stereocenters. The summed E-state index contributed by atoms with van der Waals surface area (Å²) in [5, 5.41) is 14.8. The molecule has 0 aliphatic rings. The summed E-state index contributed by atoms with van der Waals surface area (Å²) in [6, 6.07) is 9.69. The predicted molar refractivity (Wildman–Crippen MR) is 69.3 cm³/mol. The molecule has 0 fully saturated rings. The third-order valence-corrected chi connectivity index (χ3v) is 2.83. The Balaban J connectivity index is 2.40. The van der Waals surface area contributed by atoms with Gasteiger partial charge in [-0.3, -0.25) is 9.89 Å². The van der Waals surface area contributed by atoms with E-state index in [9.17, 15) is 4.79 Å². The molecule has 0 saturated carbocycles. The number of hydrogen-bond acceptors (Lipinski definition) is 3. The van der Waals surface area contributed by atoms with Crippen molar-refractivity contribution in [2.75, 3.05) is 0 Å². The fraction of sp³-hybridized carbons (Fsp3) is 0.231. The van der Waals surface area contributed by atoms with Crippen LogP contribution in [0.3, 0.4) is 0 Å². The van der Waals surface area contributed by atoms with Crippen molar-refractivity contribution in [3.8, 4) is 0 Å². The van der Waals surface area contributed by atoms with E-state index in [1.165, 1.54) is 4.68 Å². The molecular formula is C13H15N3O2. The highest BCUT2D eigenvalue weighted by molar-refractivity contribution is 5.98. The van der Waals surface area contributed by atoms with Crippen molar-refractivity contribution < 1.29 is 5.21 Å². The molecule has 1 aromatic carbocycles. The molecule has 2 aromatic rings. The van der Waals surface area contributed by atoms with E-state index in [0.717, 1.165) is 5.56 Å². The summed E-state index contributed by atoms with van der Waals surface area (Å²) in [4.78, 5) is 12.1. The Morgan fingerprint density at radius 1 is 1.39 bits per heavy atom. The topological polar surface area (TPSA) is 70.4 Å². The third kappa shape index (κ3) is 2.20. The molecule has 2 N–H and O–H groups in total. The van der Waals surface area contributed by atoms with Crippen LogP contribution in [0.15, 0.2) is 40.3 Å². The molecule has 5 nitrogen and oxygen atoms in total. The highest BCUT2D eigenvalue weighted by Gasteiger charge is 2.14. The normalized spacial score (nSPS) is 11.8. The zero-order valence-corrected chi connectivity index (χ0v) is 10.3. The monoisotopic (exact) mass is 245 g/mol. The largest absolute Gasteiger partial charge is 0.411 e. The smallest absolute Gasteiger partial charge is 0.276 e. The van der Waals surface area contributed by atoms with Gasteiger partial charge in [-0.1, -0.05) is 35.5 Å². The fourth-order valence-corrected chi connectivity index (χ4v) is 1.96. The minimum atomic E-state index is -0.174. The van der Waals surface area contributed by atoms with Crippen LogP contribution in [0, 0.1) is 6.92 Å². The number of nitrogens with one attached hydrogen (secondary N) is 1. The van der Waals surface area contributed by atoms with Gasteiger partial charge in [-0.05, 0) is 19.4 Å². The molecule has 0 aliphatic carbocycles. The number of nitrogens with zero attached hydrogens (tertiary/aromatic N) is 2.